The van der Waals surface area contributed by atoms with E-state index in [1.165, 1.54) is 0 Å². The van der Waals surface area contributed by atoms with Crippen LogP contribution in [0.15, 0.2) is 48.7 Å². The van der Waals surface area contributed by atoms with E-state index in [2.05, 4.69) is 18.8 Å². The Morgan fingerprint density at radius 1 is 1.05 bits per heavy atom. The SMILES string of the molecule is CCC(CC)C(=O)c1ccc(C=Cc2ccccn2)cc1. The topological polar surface area (TPSA) is 30.0 Å². The van der Waals surface area contributed by atoms with Gasteiger partial charge in [0.05, 0.1) is 5.69 Å². The normalized spacial score (nSPS) is 11.2. The van der Waals surface area contributed by atoms with Crippen molar-refractivity contribution in [1.29, 1.82) is 0 Å². The molecule has 108 valence electrons. The van der Waals surface area contributed by atoms with Gasteiger partial charge in [0.1, 0.15) is 0 Å². The summed E-state index contributed by atoms with van der Waals surface area (Å²) in [6.45, 7) is 4.13. The van der Waals surface area contributed by atoms with Crippen molar-refractivity contribution in [3.8, 4) is 0 Å². The zero-order valence-corrected chi connectivity index (χ0v) is 12.6. The quantitative estimate of drug-likeness (QED) is 0.706. The summed E-state index contributed by atoms with van der Waals surface area (Å²) in [5.41, 5.74) is 2.80. The van der Waals surface area contributed by atoms with Crippen molar-refractivity contribution in [1.82, 2.24) is 4.98 Å². The molecule has 0 aliphatic rings. The molecule has 0 amide bonds. The third-order valence-corrected chi connectivity index (χ3v) is 3.69. The van der Waals surface area contributed by atoms with E-state index in [0.717, 1.165) is 29.7 Å². The predicted molar refractivity (Wildman–Crippen MR) is 88.0 cm³/mol. The first-order valence-corrected chi connectivity index (χ1v) is 7.48. The second kappa shape index (κ2) is 7.53. The highest BCUT2D eigenvalue weighted by Gasteiger charge is 2.15. The number of pyridine rings is 1. The Hall–Kier alpha value is -2.22. The molecule has 0 saturated heterocycles. The molecule has 0 N–H and O–H groups in total. The number of carbonyl (C=O) groups excluding carboxylic acids is 1. The summed E-state index contributed by atoms with van der Waals surface area (Å²) >= 11 is 0. The van der Waals surface area contributed by atoms with E-state index in [4.69, 9.17) is 0 Å². The second-order valence-corrected chi connectivity index (χ2v) is 5.09. The van der Waals surface area contributed by atoms with E-state index in [0.29, 0.717) is 0 Å². The molecule has 2 aromatic rings. The number of carbonyl (C=O) groups is 1. The minimum Gasteiger partial charge on any atom is -0.294 e. The third kappa shape index (κ3) is 4.12. The van der Waals surface area contributed by atoms with E-state index in [-0.39, 0.29) is 11.7 Å². The van der Waals surface area contributed by atoms with Gasteiger partial charge in [0.2, 0.25) is 0 Å². The molecule has 2 heteroatoms. The van der Waals surface area contributed by atoms with Crippen LogP contribution in [0.25, 0.3) is 12.2 Å². The van der Waals surface area contributed by atoms with Crippen LogP contribution < -0.4 is 0 Å². The lowest BCUT2D eigenvalue weighted by Gasteiger charge is -2.10. The highest BCUT2D eigenvalue weighted by atomic mass is 16.1. The molecule has 2 nitrogen and oxygen atoms in total. The van der Waals surface area contributed by atoms with Gasteiger partial charge in [0.25, 0.3) is 0 Å². The first-order chi connectivity index (χ1) is 10.2. The zero-order valence-electron chi connectivity index (χ0n) is 12.6. The largest absolute Gasteiger partial charge is 0.294 e. The summed E-state index contributed by atoms with van der Waals surface area (Å²) in [5.74, 6) is 0.389. The molecular formula is C19H21NO. The van der Waals surface area contributed by atoms with E-state index in [9.17, 15) is 4.79 Å². The van der Waals surface area contributed by atoms with Crippen LogP contribution in [0.4, 0.5) is 0 Å². The Morgan fingerprint density at radius 3 is 2.33 bits per heavy atom. The van der Waals surface area contributed by atoms with Gasteiger partial charge < -0.3 is 0 Å². The Kier molecular flexibility index (Phi) is 5.44. The molecule has 21 heavy (non-hydrogen) atoms. The molecule has 0 fully saturated rings. The fourth-order valence-corrected chi connectivity index (χ4v) is 2.31. The maximum atomic E-state index is 12.3. The van der Waals surface area contributed by atoms with Crippen molar-refractivity contribution in [2.24, 2.45) is 5.92 Å². The number of hydrogen-bond donors (Lipinski definition) is 0. The van der Waals surface area contributed by atoms with Crippen molar-refractivity contribution in [2.45, 2.75) is 26.7 Å². The molecule has 0 aliphatic heterocycles. The Morgan fingerprint density at radius 2 is 1.76 bits per heavy atom. The first-order valence-electron chi connectivity index (χ1n) is 7.48. The van der Waals surface area contributed by atoms with E-state index in [1.54, 1.807) is 6.20 Å². The number of rotatable bonds is 6. The van der Waals surface area contributed by atoms with Gasteiger partial charge in [-0.3, -0.25) is 9.78 Å². The Balaban J connectivity index is 2.09. The second-order valence-electron chi connectivity index (χ2n) is 5.09. The van der Waals surface area contributed by atoms with Crippen LogP contribution in [0.3, 0.4) is 0 Å². The molecule has 0 saturated carbocycles. The van der Waals surface area contributed by atoms with Crippen molar-refractivity contribution in [3.05, 3.63) is 65.5 Å². The highest BCUT2D eigenvalue weighted by molar-refractivity contribution is 5.98. The molecule has 0 unspecified atom stereocenters. The lowest BCUT2D eigenvalue weighted by molar-refractivity contribution is 0.0913. The predicted octanol–water partition coefficient (Wildman–Crippen LogP) is 4.87. The van der Waals surface area contributed by atoms with Gasteiger partial charge in [0.15, 0.2) is 5.78 Å². The fraction of sp³-hybridized carbons (Fsp3) is 0.263. The number of aromatic nitrogens is 1. The Bertz CT molecular complexity index is 595. The summed E-state index contributed by atoms with van der Waals surface area (Å²) in [6, 6.07) is 13.6. The summed E-state index contributed by atoms with van der Waals surface area (Å²) in [6.07, 6.45) is 7.55. The van der Waals surface area contributed by atoms with Gasteiger partial charge in [-0.2, -0.15) is 0 Å². The summed E-state index contributed by atoms with van der Waals surface area (Å²) in [4.78, 5) is 16.5. The van der Waals surface area contributed by atoms with Crippen molar-refractivity contribution >= 4 is 17.9 Å². The minimum absolute atomic E-state index is 0.139. The number of hydrogen-bond acceptors (Lipinski definition) is 2. The monoisotopic (exact) mass is 279 g/mol. The Labute approximate surface area is 126 Å². The molecule has 0 spiro atoms. The average Bonchev–Trinajstić information content (AvgIpc) is 2.55. The van der Waals surface area contributed by atoms with Crippen LogP contribution in [0.2, 0.25) is 0 Å². The van der Waals surface area contributed by atoms with Crippen molar-refractivity contribution in [2.75, 3.05) is 0 Å². The van der Waals surface area contributed by atoms with Gasteiger partial charge in [-0.25, -0.2) is 0 Å². The average molecular weight is 279 g/mol. The van der Waals surface area contributed by atoms with Gasteiger partial charge in [-0.15, -0.1) is 0 Å². The molecule has 0 radical (unpaired) electrons. The fourth-order valence-electron chi connectivity index (χ4n) is 2.31. The van der Waals surface area contributed by atoms with E-state index in [1.807, 2.05) is 54.6 Å². The summed E-state index contributed by atoms with van der Waals surface area (Å²) < 4.78 is 0. The summed E-state index contributed by atoms with van der Waals surface area (Å²) in [5, 5.41) is 0. The highest BCUT2D eigenvalue weighted by Crippen LogP contribution is 2.17. The number of nitrogens with zero attached hydrogens (tertiary/aromatic N) is 1. The number of Topliss-reactive ketones (excluding diaryl/α,β-unsaturated/α-hetero) is 1. The van der Waals surface area contributed by atoms with Crippen LogP contribution in [-0.4, -0.2) is 10.8 Å². The number of ketones is 1. The molecule has 2 rings (SSSR count). The smallest absolute Gasteiger partial charge is 0.165 e. The maximum absolute atomic E-state index is 12.3. The lowest BCUT2D eigenvalue weighted by atomic mass is 9.92. The minimum atomic E-state index is 0.139. The van der Waals surface area contributed by atoms with E-state index < -0.39 is 0 Å². The molecule has 0 bridgehead atoms. The zero-order chi connectivity index (χ0) is 15.1. The van der Waals surface area contributed by atoms with Crippen molar-refractivity contribution in [3.63, 3.8) is 0 Å². The molecule has 1 aromatic heterocycles. The van der Waals surface area contributed by atoms with Crippen LogP contribution >= 0.6 is 0 Å². The van der Waals surface area contributed by atoms with Crippen molar-refractivity contribution < 1.29 is 4.79 Å². The standard InChI is InChI=1S/C19H21NO/c1-3-16(4-2)19(21)17-11-8-15(9-12-17)10-13-18-7-5-6-14-20-18/h5-14,16H,3-4H2,1-2H3. The first kappa shape index (κ1) is 15.2. The maximum Gasteiger partial charge on any atom is 0.165 e. The molecule has 0 aliphatic carbocycles. The number of benzene rings is 1. The lowest BCUT2D eigenvalue weighted by Crippen LogP contribution is -2.12. The van der Waals surface area contributed by atoms with Gasteiger partial charge >= 0.3 is 0 Å². The molecule has 1 heterocycles. The van der Waals surface area contributed by atoms with Gasteiger partial charge in [-0.05, 0) is 36.6 Å². The van der Waals surface area contributed by atoms with E-state index >= 15 is 0 Å². The van der Waals surface area contributed by atoms with Crippen LogP contribution in [0, 0.1) is 5.92 Å². The molecule has 0 atom stereocenters. The van der Waals surface area contributed by atoms with Gasteiger partial charge in [-0.1, -0.05) is 50.3 Å². The third-order valence-electron chi connectivity index (χ3n) is 3.69. The van der Waals surface area contributed by atoms with Gasteiger partial charge in [0, 0.05) is 17.7 Å². The van der Waals surface area contributed by atoms with Crippen LogP contribution in [0.5, 0.6) is 0 Å². The summed E-state index contributed by atoms with van der Waals surface area (Å²) in [7, 11) is 0. The van der Waals surface area contributed by atoms with Crippen LogP contribution in [0.1, 0.15) is 48.3 Å². The van der Waals surface area contributed by atoms with Crippen LogP contribution in [-0.2, 0) is 0 Å². The molecule has 1 aromatic carbocycles. The molecular weight excluding hydrogens is 258 g/mol.